The van der Waals surface area contributed by atoms with Gasteiger partial charge in [0, 0.05) is 22.8 Å². The molecule has 1 heterocycles. The number of carbonyl (C=O) groups is 2. The first-order valence-corrected chi connectivity index (χ1v) is 13.3. The highest BCUT2D eigenvalue weighted by atomic mass is 16.6. The minimum Gasteiger partial charge on any atom is -0.465 e. The third-order valence-electron chi connectivity index (χ3n) is 6.76. The first-order valence-electron chi connectivity index (χ1n) is 13.3. The number of rotatable bonds is 8. The van der Waals surface area contributed by atoms with E-state index in [0.29, 0.717) is 17.7 Å². The Morgan fingerprint density at radius 2 is 1.95 bits per heavy atom. The molecule has 0 spiro atoms. The number of hydrogen-bond acceptors (Lipinski definition) is 6. The molecule has 0 bridgehead atoms. The summed E-state index contributed by atoms with van der Waals surface area (Å²) in [5.41, 5.74) is 4.18. The number of aromatic amines is 1. The number of methoxy groups -OCH3 is 1. The Hall–Kier alpha value is -4.25. The molecule has 1 aliphatic carbocycles. The molecule has 39 heavy (non-hydrogen) atoms. The number of para-hydroxylation sites is 1. The smallest absolute Gasteiger partial charge is 0.407 e. The second-order valence-electron chi connectivity index (χ2n) is 10.8. The molecule has 1 amide bonds. The molecule has 1 aliphatic rings. The Balaban J connectivity index is 1.66. The average molecular weight is 529 g/mol. The van der Waals surface area contributed by atoms with Crippen molar-refractivity contribution in [3.05, 3.63) is 71.4 Å². The fourth-order valence-electron chi connectivity index (χ4n) is 4.89. The number of anilines is 1. The summed E-state index contributed by atoms with van der Waals surface area (Å²) in [5.74, 6) is -0.499. The Labute approximate surface area is 229 Å². The Morgan fingerprint density at radius 1 is 1.15 bits per heavy atom. The number of esters is 1. The van der Waals surface area contributed by atoms with E-state index in [1.807, 2.05) is 42.6 Å². The van der Waals surface area contributed by atoms with Crippen molar-refractivity contribution in [3.63, 3.8) is 0 Å². The summed E-state index contributed by atoms with van der Waals surface area (Å²) in [5, 5.41) is 17.4. The maximum absolute atomic E-state index is 12.8. The molecule has 8 heteroatoms. The van der Waals surface area contributed by atoms with Crippen molar-refractivity contribution in [1.82, 2.24) is 10.3 Å². The van der Waals surface area contributed by atoms with Gasteiger partial charge in [-0.1, -0.05) is 30.3 Å². The van der Waals surface area contributed by atoms with Gasteiger partial charge in [-0.25, -0.2) is 9.59 Å². The molecule has 0 radical (unpaired) electrons. The first-order chi connectivity index (χ1) is 18.7. The van der Waals surface area contributed by atoms with E-state index in [4.69, 9.17) is 9.47 Å². The van der Waals surface area contributed by atoms with E-state index in [-0.39, 0.29) is 0 Å². The monoisotopic (exact) mass is 528 g/mol. The van der Waals surface area contributed by atoms with Crippen LogP contribution < -0.4 is 10.6 Å². The second kappa shape index (κ2) is 12.1. The standard InChI is InChI=1S/C31H36N4O4/c1-31(2,3)39-30(37)35-27(17-22-19-33-25-13-9-8-12-23(22)25)28(18-32)34-26-15-14-21(16-24(26)29(36)38-4)20-10-6-5-7-11-20/h8-10,12-16,19,27-28,33-34H,5-7,11,17H2,1-4H3,(H,35,37)/t27-,28?/m0/s1. The van der Waals surface area contributed by atoms with Gasteiger partial charge >= 0.3 is 12.1 Å². The molecule has 2 aromatic carbocycles. The van der Waals surface area contributed by atoms with Crippen LogP contribution in [0.15, 0.2) is 54.7 Å². The third-order valence-corrected chi connectivity index (χ3v) is 6.76. The van der Waals surface area contributed by atoms with Gasteiger partial charge in [0.25, 0.3) is 0 Å². The normalized spacial score (nSPS) is 15.0. The molecular weight excluding hydrogens is 492 g/mol. The van der Waals surface area contributed by atoms with Crippen molar-refractivity contribution >= 4 is 34.2 Å². The Morgan fingerprint density at radius 3 is 2.64 bits per heavy atom. The quantitative estimate of drug-likeness (QED) is 0.293. The Kier molecular flexibility index (Phi) is 8.60. The van der Waals surface area contributed by atoms with E-state index in [1.165, 1.54) is 19.1 Å². The highest BCUT2D eigenvalue weighted by Gasteiger charge is 2.28. The van der Waals surface area contributed by atoms with Crippen LogP contribution in [0.2, 0.25) is 0 Å². The number of amides is 1. The predicted molar refractivity (Wildman–Crippen MR) is 152 cm³/mol. The predicted octanol–water partition coefficient (Wildman–Crippen LogP) is 6.35. The molecule has 0 aliphatic heterocycles. The van der Waals surface area contributed by atoms with Crippen LogP contribution in [-0.2, 0) is 15.9 Å². The van der Waals surface area contributed by atoms with Gasteiger partial charge in [-0.05, 0) is 87.8 Å². The highest BCUT2D eigenvalue weighted by molar-refractivity contribution is 5.97. The van der Waals surface area contributed by atoms with E-state index in [9.17, 15) is 14.9 Å². The van der Waals surface area contributed by atoms with Crippen LogP contribution in [0.25, 0.3) is 16.5 Å². The van der Waals surface area contributed by atoms with Crippen LogP contribution in [0.4, 0.5) is 10.5 Å². The highest BCUT2D eigenvalue weighted by Crippen LogP contribution is 2.30. The van der Waals surface area contributed by atoms with Crippen molar-refractivity contribution in [3.8, 4) is 6.07 Å². The van der Waals surface area contributed by atoms with Crippen LogP contribution in [0.1, 0.15) is 67.9 Å². The molecule has 0 saturated carbocycles. The van der Waals surface area contributed by atoms with Crippen molar-refractivity contribution in [2.75, 3.05) is 12.4 Å². The van der Waals surface area contributed by atoms with Gasteiger partial charge in [0.1, 0.15) is 11.6 Å². The van der Waals surface area contributed by atoms with Crippen molar-refractivity contribution in [2.45, 2.75) is 70.6 Å². The van der Waals surface area contributed by atoms with Crippen LogP contribution in [0.5, 0.6) is 0 Å². The van der Waals surface area contributed by atoms with E-state index in [2.05, 4.69) is 27.8 Å². The van der Waals surface area contributed by atoms with E-state index in [0.717, 1.165) is 41.3 Å². The number of allylic oxidation sites excluding steroid dienone is 2. The van der Waals surface area contributed by atoms with Gasteiger partial charge in [0.15, 0.2) is 0 Å². The summed E-state index contributed by atoms with van der Waals surface area (Å²) in [4.78, 5) is 28.9. The number of fused-ring (bicyclic) bond motifs is 1. The summed E-state index contributed by atoms with van der Waals surface area (Å²) >= 11 is 0. The summed E-state index contributed by atoms with van der Waals surface area (Å²) in [6.45, 7) is 5.35. The van der Waals surface area contributed by atoms with Gasteiger partial charge in [0.05, 0.1) is 24.8 Å². The van der Waals surface area contributed by atoms with E-state index >= 15 is 0 Å². The molecule has 8 nitrogen and oxygen atoms in total. The fraction of sp³-hybridized carbons (Fsp3) is 0.387. The number of hydrogen-bond donors (Lipinski definition) is 3. The number of nitrogens with zero attached hydrogens (tertiary/aromatic N) is 1. The summed E-state index contributed by atoms with van der Waals surface area (Å²) < 4.78 is 10.6. The lowest BCUT2D eigenvalue weighted by Gasteiger charge is -2.27. The van der Waals surface area contributed by atoms with E-state index in [1.54, 1.807) is 26.8 Å². The number of aromatic nitrogens is 1. The number of alkyl carbamates (subject to hydrolysis) is 1. The largest absolute Gasteiger partial charge is 0.465 e. The number of carbonyl (C=O) groups excluding carboxylic acids is 2. The van der Waals surface area contributed by atoms with Crippen LogP contribution in [-0.4, -0.2) is 41.8 Å². The SMILES string of the molecule is COC(=O)c1cc(C2=CCCCC2)ccc1NC(C#N)[C@H](Cc1c[nH]c2ccccc12)NC(=O)OC(C)(C)C. The zero-order chi connectivity index (χ0) is 28.0. The number of benzene rings is 2. The van der Waals surface area contributed by atoms with Crippen LogP contribution in [0, 0.1) is 11.3 Å². The molecule has 0 saturated heterocycles. The molecule has 4 rings (SSSR count). The summed E-state index contributed by atoms with van der Waals surface area (Å²) in [7, 11) is 1.34. The maximum atomic E-state index is 12.8. The van der Waals surface area contributed by atoms with Gasteiger partial charge in [-0.15, -0.1) is 0 Å². The molecule has 3 aromatic rings. The number of nitriles is 1. The van der Waals surface area contributed by atoms with Gasteiger partial charge in [-0.3, -0.25) is 0 Å². The van der Waals surface area contributed by atoms with Gasteiger partial charge in [0.2, 0.25) is 0 Å². The van der Waals surface area contributed by atoms with Gasteiger partial charge < -0.3 is 25.1 Å². The minimum atomic E-state index is -0.880. The molecular formula is C31H36N4O4. The van der Waals surface area contributed by atoms with Crippen molar-refractivity contribution < 1.29 is 19.1 Å². The minimum absolute atomic E-state index is 0.338. The molecule has 0 fully saturated rings. The second-order valence-corrected chi connectivity index (χ2v) is 10.8. The average Bonchev–Trinajstić information content (AvgIpc) is 3.33. The fourth-order valence-corrected chi connectivity index (χ4v) is 4.89. The first kappa shape index (κ1) is 27.8. The lowest BCUT2D eigenvalue weighted by atomic mass is 9.92. The summed E-state index contributed by atoms with van der Waals surface area (Å²) in [6.07, 6.45) is 8.09. The third kappa shape index (κ3) is 6.99. The molecule has 1 unspecified atom stereocenters. The zero-order valence-electron chi connectivity index (χ0n) is 23.0. The lowest BCUT2D eigenvalue weighted by molar-refractivity contribution is 0.0501. The topological polar surface area (TPSA) is 116 Å². The van der Waals surface area contributed by atoms with Gasteiger partial charge in [-0.2, -0.15) is 5.26 Å². The van der Waals surface area contributed by atoms with E-state index < -0.39 is 29.7 Å². The lowest BCUT2D eigenvalue weighted by Crippen LogP contribution is -2.49. The molecule has 2 atom stereocenters. The van der Waals surface area contributed by atoms with Crippen molar-refractivity contribution in [2.24, 2.45) is 0 Å². The molecule has 3 N–H and O–H groups in total. The van der Waals surface area contributed by atoms with Crippen LogP contribution >= 0.6 is 0 Å². The Bertz CT molecular complexity index is 1410. The summed E-state index contributed by atoms with van der Waals surface area (Å²) in [6, 6.07) is 14.2. The number of ether oxygens (including phenoxy) is 2. The zero-order valence-corrected chi connectivity index (χ0v) is 23.0. The van der Waals surface area contributed by atoms with Crippen molar-refractivity contribution in [1.29, 1.82) is 5.26 Å². The molecule has 204 valence electrons. The maximum Gasteiger partial charge on any atom is 0.407 e. The number of H-pyrrole nitrogens is 1. The number of nitrogens with one attached hydrogen (secondary N) is 3. The van der Waals surface area contributed by atoms with Crippen LogP contribution in [0.3, 0.4) is 0 Å². The molecule has 1 aromatic heterocycles.